The second-order valence-electron chi connectivity index (χ2n) is 13.3. The van der Waals surface area contributed by atoms with E-state index in [4.69, 9.17) is 10.5 Å². The number of primary amides is 1. The van der Waals surface area contributed by atoms with Crippen LogP contribution in [0, 0.1) is 5.92 Å². The molecule has 4 rings (SSSR count). The molecule has 1 aliphatic heterocycles. The van der Waals surface area contributed by atoms with Crippen molar-refractivity contribution in [3.05, 3.63) is 83.4 Å². The Balaban J connectivity index is 1.57. The Labute approximate surface area is 270 Å². The molecule has 0 radical (unpaired) electrons. The monoisotopic (exact) mass is 628 g/mol. The van der Waals surface area contributed by atoms with Gasteiger partial charge in [-0.1, -0.05) is 68.4 Å². The van der Waals surface area contributed by atoms with Crippen molar-refractivity contribution in [1.29, 1.82) is 0 Å². The predicted octanol–water partition coefficient (Wildman–Crippen LogP) is 4.10. The summed E-state index contributed by atoms with van der Waals surface area (Å²) in [6.45, 7) is 9.04. The number of carbonyl (C=O) groups excluding carboxylic acids is 5. The zero-order chi connectivity index (χ0) is 33.8. The molecular weight excluding hydrogens is 584 g/mol. The Hall–Kier alpha value is -4.57. The highest BCUT2D eigenvalue weighted by molar-refractivity contribution is 6.23. The maximum absolute atomic E-state index is 14.0. The van der Waals surface area contributed by atoms with Gasteiger partial charge in [0.2, 0.25) is 11.8 Å². The number of nitrogens with one attached hydrogen (secondary N) is 1. The van der Waals surface area contributed by atoms with Crippen LogP contribution in [0.15, 0.2) is 66.7 Å². The summed E-state index contributed by atoms with van der Waals surface area (Å²) in [6.07, 6.45) is 0.588. The summed E-state index contributed by atoms with van der Waals surface area (Å²) in [7, 11) is 1.53. The topological polar surface area (TPSA) is 139 Å². The van der Waals surface area contributed by atoms with Gasteiger partial charge in [0.1, 0.15) is 17.7 Å². The zero-order valence-corrected chi connectivity index (χ0v) is 27.4. The van der Waals surface area contributed by atoms with E-state index in [0.29, 0.717) is 17.5 Å². The number of carbonyl (C=O) groups is 5. The van der Waals surface area contributed by atoms with Crippen LogP contribution < -0.4 is 11.1 Å². The van der Waals surface area contributed by atoms with Crippen LogP contribution in [0.1, 0.15) is 73.7 Å². The number of rotatable bonds is 13. The van der Waals surface area contributed by atoms with Crippen molar-refractivity contribution in [3.63, 3.8) is 0 Å². The Morgan fingerprint density at radius 1 is 0.891 bits per heavy atom. The van der Waals surface area contributed by atoms with Crippen molar-refractivity contribution in [2.45, 2.75) is 77.6 Å². The number of hydrogen-bond donors (Lipinski definition) is 2. The van der Waals surface area contributed by atoms with E-state index < -0.39 is 53.3 Å². The molecule has 3 N–H and O–H groups in total. The van der Waals surface area contributed by atoms with Gasteiger partial charge in [-0.05, 0) is 68.0 Å². The van der Waals surface area contributed by atoms with Gasteiger partial charge in [0, 0.05) is 20.0 Å². The summed E-state index contributed by atoms with van der Waals surface area (Å²) in [5.74, 6) is -2.50. The van der Waals surface area contributed by atoms with Crippen LogP contribution in [0.3, 0.4) is 0 Å². The Morgan fingerprint density at radius 2 is 1.43 bits per heavy atom. The van der Waals surface area contributed by atoms with Crippen molar-refractivity contribution in [1.82, 2.24) is 15.1 Å². The summed E-state index contributed by atoms with van der Waals surface area (Å²) in [4.78, 5) is 69.3. The standard InChI is InChI=1S/C36H44N4O6/c1-22(2)18-29(34(44)39(6)30(31(37)41)19-23-12-8-7-9-13-23)38-28(35(45)46-36(3,4)5)16-17-40-32(42)26-20-24-14-10-11-15-25(24)21-27(26)33(40)43/h7-15,20-22,28-30,38H,16-19H2,1-6H3,(H2,37,41)/t28-,29+,30+/m1/s1. The van der Waals surface area contributed by atoms with Crippen LogP contribution in [0.5, 0.6) is 0 Å². The van der Waals surface area contributed by atoms with Crippen LogP contribution in [-0.4, -0.2) is 76.7 Å². The first-order valence-electron chi connectivity index (χ1n) is 15.6. The smallest absolute Gasteiger partial charge is 0.323 e. The Bertz CT molecular complexity index is 1560. The van der Waals surface area contributed by atoms with Crippen molar-refractivity contribution in [3.8, 4) is 0 Å². The van der Waals surface area contributed by atoms with Crippen LogP contribution >= 0.6 is 0 Å². The molecule has 1 aliphatic rings. The van der Waals surface area contributed by atoms with Gasteiger partial charge >= 0.3 is 5.97 Å². The molecule has 4 amide bonds. The fourth-order valence-corrected chi connectivity index (χ4v) is 5.70. The quantitative estimate of drug-likeness (QED) is 0.215. The molecule has 0 fully saturated rings. The first kappa shape index (κ1) is 34.3. The zero-order valence-electron chi connectivity index (χ0n) is 27.4. The molecule has 0 unspecified atom stereocenters. The molecule has 1 heterocycles. The predicted molar refractivity (Wildman–Crippen MR) is 176 cm³/mol. The molecule has 3 atom stereocenters. The average Bonchev–Trinajstić information content (AvgIpc) is 3.22. The summed E-state index contributed by atoms with van der Waals surface area (Å²) < 4.78 is 5.70. The molecule has 3 aromatic rings. The summed E-state index contributed by atoms with van der Waals surface area (Å²) >= 11 is 0. The number of imide groups is 1. The van der Waals surface area contributed by atoms with Crippen LogP contribution in [-0.2, 0) is 25.5 Å². The lowest BCUT2D eigenvalue weighted by molar-refractivity contribution is -0.158. The number of ether oxygens (including phenoxy) is 1. The van der Waals surface area contributed by atoms with E-state index in [0.717, 1.165) is 21.2 Å². The second kappa shape index (κ2) is 14.2. The molecule has 10 heteroatoms. The minimum Gasteiger partial charge on any atom is -0.459 e. The fraction of sp³-hybridized carbons (Fsp3) is 0.417. The van der Waals surface area contributed by atoms with E-state index in [1.165, 1.54) is 11.9 Å². The number of esters is 1. The maximum atomic E-state index is 14.0. The Kier molecular flexibility index (Phi) is 10.6. The number of nitrogens with two attached hydrogens (primary N) is 1. The minimum absolute atomic E-state index is 0.00869. The van der Waals surface area contributed by atoms with Crippen LogP contribution in [0.25, 0.3) is 10.8 Å². The van der Waals surface area contributed by atoms with E-state index in [1.54, 1.807) is 32.9 Å². The highest BCUT2D eigenvalue weighted by Gasteiger charge is 2.39. The van der Waals surface area contributed by atoms with Gasteiger partial charge in [-0.25, -0.2) is 0 Å². The lowest BCUT2D eigenvalue weighted by atomic mass is 9.98. The van der Waals surface area contributed by atoms with Gasteiger partial charge < -0.3 is 15.4 Å². The van der Waals surface area contributed by atoms with E-state index in [1.807, 2.05) is 68.4 Å². The van der Waals surface area contributed by atoms with E-state index in [9.17, 15) is 24.0 Å². The fourth-order valence-electron chi connectivity index (χ4n) is 5.70. The first-order chi connectivity index (χ1) is 21.7. The number of likely N-dealkylation sites (N-methyl/N-ethyl adjacent to an activating group) is 1. The van der Waals surface area contributed by atoms with Crippen molar-refractivity contribution < 1.29 is 28.7 Å². The molecule has 244 valence electrons. The second-order valence-corrected chi connectivity index (χ2v) is 13.3. The molecule has 0 aromatic heterocycles. The number of amides is 4. The largest absolute Gasteiger partial charge is 0.459 e. The van der Waals surface area contributed by atoms with Gasteiger partial charge in [-0.3, -0.25) is 34.2 Å². The highest BCUT2D eigenvalue weighted by Crippen LogP contribution is 2.28. The number of hydrogen-bond acceptors (Lipinski definition) is 7. The first-order valence-corrected chi connectivity index (χ1v) is 15.6. The third-order valence-corrected chi connectivity index (χ3v) is 7.99. The SMILES string of the molecule is CC(C)C[C@H](N[C@H](CCN1C(=O)c2cc3ccccc3cc2C1=O)C(=O)OC(C)(C)C)C(=O)N(C)[C@@H](Cc1ccccc1)C(N)=O. The number of nitrogens with zero attached hydrogens (tertiary/aromatic N) is 2. The van der Waals surface area contributed by atoms with Crippen LogP contribution in [0.2, 0.25) is 0 Å². The molecule has 0 bridgehead atoms. The van der Waals surface area contributed by atoms with E-state index >= 15 is 0 Å². The highest BCUT2D eigenvalue weighted by atomic mass is 16.6. The van der Waals surface area contributed by atoms with Crippen molar-refractivity contribution in [2.24, 2.45) is 11.7 Å². The Morgan fingerprint density at radius 3 is 1.93 bits per heavy atom. The lowest BCUT2D eigenvalue weighted by Crippen LogP contribution is -2.57. The molecule has 3 aromatic carbocycles. The summed E-state index contributed by atoms with van der Waals surface area (Å²) in [5.41, 5.74) is 6.41. The molecular formula is C36H44N4O6. The number of benzene rings is 3. The summed E-state index contributed by atoms with van der Waals surface area (Å²) in [6, 6.07) is 17.4. The third-order valence-electron chi connectivity index (χ3n) is 7.99. The molecule has 0 saturated heterocycles. The third kappa shape index (κ3) is 8.17. The normalized spacial score (nSPS) is 15.1. The molecule has 0 saturated carbocycles. The van der Waals surface area contributed by atoms with Crippen molar-refractivity contribution in [2.75, 3.05) is 13.6 Å². The van der Waals surface area contributed by atoms with Gasteiger partial charge in [0.05, 0.1) is 17.2 Å². The van der Waals surface area contributed by atoms with Crippen LogP contribution in [0.4, 0.5) is 0 Å². The minimum atomic E-state index is -1.04. The molecule has 0 aliphatic carbocycles. The molecule has 0 spiro atoms. The van der Waals surface area contributed by atoms with Gasteiger partial charge in [0.25, 0.3) is 11.8 Å². The molecule has 46 heavy (non-hydrogen) atoms. The summed E-state index contributed by atoms with van der Waals surface area (Å²) in [5, 5.41) is 4.87. The maximum Gasteiger partial charge on any atom is 0.323 e. The molecule has 10 nitrogen and oxygen atoms in total. The number of fused-ring (bicyclic) bond motifs is 2. The van der Waals surface area contributed by atoms with E-state index in [2.05, 4.69) is 5.32 Å². The van der Waals surface area contributed by atoms with Gasteiger partial charge in [-0.15, -0.1) is 0 Å². The van der Waals surface area contributed by atoms with E-state index in [-0.39, 0.29) is 25.3 Å². The average molecular weight is 629 g/mol. The lowest BCUT2D eigenvalue weighted by Gasteiger charge is -2.33. The van der Waals surface area contributed by atoms with Crippen molar-refractivity contribution >= 4 is 40.4 Å². The van der Waals surface area contributed by atoms with Gasteiger partial charge in [-0.2, -0.15) is 0 Å². The van der Waals surface area contributed by atoms with Gasteiger partial charge in [0.15, 0.2) is 0 Å².